The van der Waals surface area contributed by atoms with Gasteiger partial charge in [0.1, 0.15) is 12.6 Å². The Morgan fingerprint density at radius 1 is 0.968 bits per heavy atom. The van der Waals surface area contributed by atoms with E-state index in [1.807, 2.05) is 48.5 Å². The van der Waals surface area contributed by atoms with E-state index >= 15 is 0 Å². The summed E-state index contributed by atoms with van der Waals surface area (Å²) in [7, 11) is 0. The van der Waals surface area contributed by atoms with Gasteiger partial charge in [0.15, 0.2) is 0 Å². The summed E-state index contributed by atoms with van der Waals surface area (Å²) in [6.45, 7) is 2.61. The summed E-state index contributed by atoms with van der Waals surface area (Å²) in [4.78, 5) is 35.5. The van der Waals surface area contributed by atoms with Gasteiger partial charge in [-0.3, -0.25) is 4.79 Å². The molecule has 164 valence electrons. The molecule has 0 heterocycles. The van der Waals surface area contributed by atoms with Crippen molar-refractivity contribution in [2.24, 2.45) is 5.92 Å². The van der Waals surface area contributed by atoms with E-state index in [-0.39, 0.29) is 12.5 Å². The van der Waals surface area contributed by atoms with E-state index in [9.17, 15) is 14.4 Å². The highest BCUT2D eigenvalue weighted by Crippen LogP contribution is 2.44. The summed E-state index contributed by atoms with van der Waals surface area (Å²) >= 11 is 0. The Morgan fingerprint density at radius 2 is 1.52 bits per heavy atom. The van der Waals surface area contributed by atoms with Crippen molar-refractivity contribution in [1.82, 2.24) is 10.6 Å². The molecule has 1 aliphatic rings. The molecule has 1 aliphatic carbocycles. The molecule has 3 rings (SSSR count). The SMILES string of the molecule is CC(NC(=O)OCC1c2ccccc2-c2ccccc21)C(C)C(=O)N[C@H](CO)C(=O)O. The molecule has 3 atom stereocenters. The van der Waals surface area contributed by atoms with Crippen LogP contribution in [0.2, 0.25) is 0 Å². The Hall–Kier alpha value is -3.39. The van der Waals surface area contributed by atoms with Crippen molar-refractivity contribution in [3.8, 4) is 11.1 Å². The van der Waals surface area contributed by atoms with E-state index in [1.54, 1.807) is 13.8 Å². The maximum absolute atomic E-state index is 12.3. The van der Waals surface area contributed by atoms with Crippen molar-refractivity contribution < 1.29 is 29.3 Å². The zero-order valence-corrected chi connectivity index (χ0v) is 17.4. The first-order chi connectivity index (χ1) is 14.8. The number of benzene rings is 2. The van der Waals surface area contributed by atoms with Crippen LogP contribution < -0.4 is 10.6 Å². The van der Waals surface area contributed by atoms with E-state index in [1.165, 1.54) is 0 Å². The lowest BCUT2D eigenvalue weighted by atomic mass is 9.98. The molecule has 8 nitrogen and oxygen atoms in total. The molecule has 0 aromatic heterocycles. The van der Waals surface area contributed by atoms with Crippen LogP contribution in [0.25, 0.3) is 11.1 Å². The molecule has 0 spiro atoms. The van der Waals surface area contributed by atoms with Gasteiger partial charge in [-0.25, -0.2) is 9.59 Å². The number of alkyl carbamates (subject to hydrolysis) is 1. The van der Waals surface area contributed by atoms with Crippen LogP contribution in [0.4, 0.5) is 4.79 Å². The van der Waals surface area contributed by atoms with Crippen LogP contribution in [-0.4, -0.2) is 53.5 Å². The topological polar surface area (TPSA) is 125 Å². The highest BCUT2D eigenvalue weighted by atomic mass is 16.5. The Bertz CT molecular complexity index is 931. The number of amides is 2. The van der Waals surface area contributed by atoms with Crippen LogP contribution >= 0.6 is 0 Å². The normalized spacial score (nSPS) is 15.2. The van der Waals surface area contributed by atoms with Gasteiger partial charge in [-0.15, -0.1) is 0 Å². The van der Waals surface area contributed by atoms with E-state index < -0.39 is 42.6 Å². The van der Waals surface area contributed by atoms with Crippen molar-refractivity contribution in [1.29, 1.82) is 0 Å². The first-order valence-corrected chi connectivity index (χ1v) is 10.1. The number of aliphatic hydroxyl groups excluding tert-OH is 1. The lowest BCUT2D eigenvalue weighted by Gasteiger charge is -2.22. The number of ether oxygens (including phenoxy) is 1. The molecule has 2 aromatic rings. The predicted molar refractivity (Wildman–Crippen MR) is 113 cm³/mol. The molecule has 2 aromatic carbocycles. The molecular weight excluding hydrogens is 400 g/mol. The van der Waals surface area contributed by atoms with Crippen LogP contribution in [-0.2, 0) is 14.3 Å². The second kappa shape index (κ2) is 9.61. The third-order valence-corrected chi connectivity index (χ3v) is 5.65. The number of nitrogens with one attached hydrogen (secondary N) is 2. The highest BCUT2D eigenvalue weighted by Gasteiger charge is 2.30. The number of carboxylic acid groups (broad SMARTS) is 1. The second-order valence-electron chi connectivity index (χ2n) is 7.63. The summed E-state index contributed by atoms with van der Waals surface area (Å²) < 4.78 is 5.46. The number of aliphatic hydroxyl groups is 1. The average molecular weight is 426 g/mol. The molecule has 2 unspecified atom stereocenters. The van der Waals surface area contributed by atoms with Crippen LogP contribution in [0.1, 0.15) is 30.9 Å². The first-order valence-electron chi connectivity index (χ1n) is 10.1. The molecule has 0 saturated carbocycles. The van der Waals surface area contributed by atoms with Gasteiger partial charge in [-0.2, -0.15) is 0 Å². The number of hydrogen-bond donors (Lipinski definition) is 4. The van der Waals surface area contributed by atoms with Gasteiger partial charge in [0.05, 0.1) is 12.5 Å². The van der Waals surface area contributed by atoms with Crippen LogP contribution in [0.3, 0.4) is 0 Å². The lowest BCUT2D eigenvalue weighted by Crippen LogP contribution is -2.50. The summed E-state index contributed by atoms with van der Waals surface area (Å²) in [5.74, 6) is -2.72. The van der Waals surface area contributed by atoms with Gasteiger partial charge >= 0.3 is 12.1 Å². The number of rotatable bonds is 8. The van der Waals surface area contributed by atoms with Crippen LogP contribution in [0, 0.1) is 5.92 Å². The Balaban J connectivity index is 1.58. The fourth-order valence-corrected chi connectivity index (χ4v) is 3.67. The molecule has 8 heteroatoms. The number of fused-ring (bicyclic) bond motifs is 3. The summed E-state index contributed by atoms with van der Waals surface area (Å²) in [5, 5.41) is 22.8. The fraction of sp³-hybridized carbons (Fsp3) is 0.348. The van der Waals surface area contributed by atoms with E-state index in [2.05, 4.69) is 10.6 Å². The van der Waals surface area contributed by atoms with Gasteiger partial charge in [0, 0.05) is 12.0 Å². The lowest BCUT2D eigenvalue weighted by molar-refractivity contribution is -0.143. The van der Waals surface area contributed by atoms with Crippen molar-refractivity contribution in [2.75, 3.05) is 13.2 Å². The predicted octanol–water partition coefficient (Wildman–Crippen LogP) is 2.11. The Labute approximate surface area is 180 Å². The van der Waals surface area contributed by atoms with Gasteiger partial charge < -0.3 is 25.6 Å². The maximum Gasteiger partial charge on any atom is 0.407 e. The van der Waals surface area contributed by atoms with Gasteiger partial charge in [0.2, 0.25) is 5.91 Å². The minimum Gasteiger partial charge on any atom is -0.480 e. The van der Waals surface area contributed by atoms with E-state index in [4.69, 9.17) is 14.9 Å². The van der Waals surface area contributed by atoms with Crippen molar-refractivity contribution in [3.05, 3.63) is 59.7 Å². The minimum atomic E-state index is -1.39. The molecule has 0 radical (unpaired) electrons. The minimum absolute atomic E-state index is 0.0740. The van der Waals surface area contributed by atoms with E-state index in [0.717, 1.165) is 22.3 Å². The third-order valence-electron chi connectivity index (χ3n) is 5.65. The molecule has 0 saturated heterocycles. The largest absolute Gasteiger partial charge is 0.480 e. The van der Waals surface area contributed by atoms with Crippen molar-refractivity contribution in [2.45, 2.75) is 31.8 Å². The molecular formula is C23H26N2O6. The first kappa shape index (κ1) is 22.3. The maximum atomic E-state index is 12.3. The van der Waals surface area contributed by atoms with Gasteiger partial charge in [-0.05, 0) is 29.2 Å². The quantitative estimate of drug-likeness (QED) is 0.512. The van der Waals surface area contributed by atoms with Crippen molar-refractivity contribution >= 4 is 18.0 Å². The molecule has 0 bridgehead atoms. The smallest absolute Gasteiger partial charge is 0.407 e. The standard InChI is InChI=1S/C23H26N2O6/c1-13(21(27)25-20(11-26)22(28)29)14(2)24-23(30)31-12-19-17-9-5-3-7-15(17)16-8-4-6-10-18(16)19/h3-10,13-14,19-20,26H,11-12H2,1-2H3,(H,24,30)(H,25,27)(H,28,29)/t13?,14?,20-/m1/s1. The van der Waals surface area contributed by atoms with Crippen molar-refractivity contribution in [3.63, 3.8) is 0 Å². The summed E-state index contributed by atoms with van der Waals surface area (Å²) in [6.07, 6.45) is -0.661. The highest BCUT2D eigenvalue weighted by molar-refractivity contribution is 5.85. The Morgan fingerprint density at radius 3 is 2.03 bits per heavy atom. The second-order valence-corrected chi connectivity index (χ2v) is 7.63. The molecule has 0 fully saturated rings. The van der Waals surface area contributed by atoms with E-state index in [0.29, 0.717) is 0 Å². The Kier molecular flexibility index (Phi) is 6.91. The molecule has 2 amide bonds. The number of carbonyl (C=O) groups is 3. The zero-order valence-electron chi connectivity index (χ0n) is 17.4. The summed E-state index contributed by atoms with van der Waals surface area (Å²) in [6, 6.07) is 14.0. The number of carboxylic acids is 1. The van der Waals surface area contributed by atoms with Crippen LogP contribution in [0.15, 0.2) is 48.5 Å². The summed E-state index contributed by atoms with van der Waals surface area (Å²) in [5.41, 5.74) is 4.45. The zero-order chi connectivity index (χ0) is 22.5. The number of aliphatic carboxylic acids is 1. The third kappa shape index (κ3) is 4.86. The number of hydrogen-bond acceptors (Lipinski definition) is 5. The fourth-order valence-electron chi connectivity index (χ4n) is 3.67. The molecule has 4 N–H and O–H groups in total. The van der Waals surface area contributed by atoms with Gasteiger partial charge in [0.25, 0.3) is 0 Å². The average Bonchev–Trinajstić information content (AvgIpc) is 3.08. The van der Waals surface area contributed by atoms with Gasteiger partial charge in [-0.1, -0.05) is 55.5 Å². The monoisotopic (exact) mass is 426 g/mol. The van der Waals surface area contributed by atoms with Crippen LogP contribution in [0.5, 0.6) is 0 Å². The number of carbonyl (C=O) groups excluding carboxylic acids is 2. The molecule has 0 aliphatic heterocycles. The molecule has 31 heavy (non-hydrogen) atoms.